The minimum absolute atomic E-state index is 0.0897. The molecule has 0 aliphatic carbocycles. The number of rotatable bonds is 5. The Morgan fingerprint density at radius 3 is 2.71 bits per heavy atom. The number of nitrogens with one attached hydrogen (secondary N) is 1. The smallest absolute Gasteiger partial charge is 0.250 e. The Morgan fingerprint density at radius 1 is 1.29 bits per heavy atom. The molecule has 1 aromatic heterocycles. The van der Waals surface area contributed by atoms with E-state index in [0.717, 1.165) is 13.0 Å². The predicted molar refractivity (Wildman–Crippen MR) is 80.8 cm³/mol. The maximum atomic E-state index is 13.8. The molecule has 21 heavy (non-hydrogen) atoms. The highest BCUT2D eigenvalue weighted by atomic mass is 35.5. The molecule has 0 spiro atoms. The average Bonchev–Trinajstić information content (AvgIpc) is 2.82. The maximum absolute atomic E-state index is 13.8. The monoisotopic (exact) mass is 311 g/mol. The molecular weight excluding hydrogens is 293 g/mol. The number of aryl methyl sites for hydroxylation is 1. The van der Waals surface area contributed by atoms with E-state index >= 15 is 0 Å². The minimum atomic E-state index is -0.466. The van der Waals surface area contributed by atoms with E-state index in [1.54, 1.807) is 6.07 Å². The second kappa shape index (κ2) is 6.54. The van der Waals surface area contributed by atoms with Crippen LogP contribution in [0.3, 0.4) is 0 Å². The van der Waals surface area contributed by atoms with Crippen molar-refractivity contribution in [2.24, 2.45) is 0 Å². The van der Waals surface area contributed by atoms with E-state index in [1.165, 1.54) is 12.1 Å². The number of nitrogens with zero attached hydrogens (tertiary/aromatic N) is 2. The fourth-order valence-electron chi connectivity index (χ4n) is 1.83. The number of hydrogen-bond acceptors (Lipinski definition) is 4. The average molecular weight is 312 g/mol. The van der Waals surface area contributed by atoms with E-state index in [0.29, 0.717) is 17.3 Å². The summed E-state index contributed by atoms with van der Waals surface area (Å²) < 4.78 is 19.3. The molecule has 4 nitrogen and oxygen atoms in total. The lowest BCUT2D eigenvalue weighted by Crippen LogP contribution is -2.36. The zero-order valence-corrected chi connectivity index (χ0v) is 13.2. The molecule has 0 unspecified atom stereocenters. The van der Waals surface area contributed by atoms with E-state index in [9.17, 15) is 4.39 Å². The van der Waals surface area contributed by atoms with Gasteiger partial charge in [0.15, 0.2) is 0 Å². The van der Waals surface area contributed by atoms with Crippen LogP contribution in [0.5, 0.6) is 0 Å². The van der Waals surface area contributed by atoms with Gasteiger partial charge in [0.1, 0.15) is 5.82 Å². The molecule has 0 aliphatic rings. The molecule has 1 heterocycles. The lowest BCUT2D eigenvalue weighted by Gasteiger charge is -2.19. The van der Waals surface area contributed by atoms with E-state index < -0.39 is 5.82 Å². The normalized spacial score (nSPS) is 11.9. The summed E-state index contributed by atoms with van der Waals surface area (Å²) in [5.41, 5.74) is 0.359. The fourth-order valence-corrected chi connectivity index (χ4v) is 1.99. The summed E-state index contributed by atoms with van der Waals surface area (Å²) in [6.45, 7) is 7.19. The van der Waals surface area contributed by atoms with Crippen molar-refractivity contribution in [2.75, 3.05) is 6.54 Å². The summed E-state index contributed by atoms with van der Waals surface area (Å²) >= 11 is 5.72. The van der Waals surface area contributed by atoms with Gasteiger partial charge < -0.3 is 9.73 Å². The van der Waals surface area contributed by atoms with Gasteiger partial charge in [-0.15, -0.1) is 10.2 Å². The molecule has 6 heteroatoms. The zero-order valence-electron chi connectivity index (χ0n) is 12.4. The molecule has 0 saturated heterocycles. The van der Waals surface area contributed by atoms with Crippen molar-refractivity contribution in [2.45, 2.75) is 39.2 Å². The number of aromatic nitrogens is 2. The molecule has 0 aliphatic heterocycles. The number of halogens is 2. The summed E-state index contributed by atoms with van der Waals surface area (Å²) in [7, 11) is 0. The molecule has 0 fully saturated rings. The molecule has 0 bridgehead atoms. The summed E-state index contributed by atoms with van der Waals surface area (Å²) in [4.78, 5) is 0. The Hall–Kier alpha value is -1.46. The van der Waals surface area contributed by atoms with Gasteiger partial charge in [-0.05, 0) is 51.9 Å². The van der Waals surface area contributed by atoms with Crippen LogP contribution in [0.15, 0.2) is 22.6 Å². The number of hydrogen-bond donors (Lipinski definition) is 1. The van der Waals surface area contributed by atoms with Gasteiger partial charge in [0, 0.05) is 17.0 Å². The van der Waals surface area contributed by atoms with Gasteiger partial charge in [0.25, 0.3) is 5.89 Å². The first-order chi connectivity index (χ1) is 9.85. The molecule has 1 N–H and O–H groups in total. The van der Waals surface area contributed by atoms with Crippen molar-refractivity contribution in [3.8, 4) is 11.5 Å². The molecule has 114 valence electrons. The van der Waals surface area contributed by atoms with Gasteiger partial charge in [-0.25, -0.2) is 4.39 Å². The van der Waals surface area contributed by atoms with Crippen molar-refractivity contribution >= 4 is 11.6 Å². The lowest BCUT2D eigenvalue weighted by atomic mass is 10.1. The van der Waals surface area contributed by atoms with Crippen LogP contribution in [0.4, 0.5) is 4.39 Å². The van der Waals surface area contributed by atoms with Crippen LogP contribution >= 0.6 is 11.6 Å². The second-order valence-electron chi connectivity index (χ2n) is 5.91. The van der Waals surface area contributed by atoms with Gasteiger partial charge in [0.2, 0.25) is 5.89 Å². The Morgan fingerprint density at radius 2 is 2.05 bits per heavy atom. The minimum Gasteiger partial charge on any atom is -0.421 e. The summed E-state index contributed by atoms with van der Waals surface area (Å²) in [5, 5.41) is 11.5. The Labute approximate surface area is 128 Å². The molecular formula is C15H19ClFN3O. The van der Waals surface area contributed by atoms with Gasteiger partial charge in [0.05, 0.1) is 5.56 Å². The van der Waals surface area contributed by atoms with Gasteiger partial charge in [-0.2, -0.15) is 0 Å². The Balaban J connectivity index is 1.95. The Bertz CT molecular complexity index is 607. The standard InChI is InChI=1S/C15H19ClFN3O/c1-15(2,3)18-8-4-5-13-19-20-14(21-13)11-7-6-10(16)9-12(11)17/h6-7,9,18H,4-5,8H2,1-3H3. The topological polar surface area (TPSA) is 51.0 Å². The quantitative estimate of drug-likeness (QED) is 0.852. The van der Waals surface area contributed by atoms with Crippen LogP contribution in [0, 0.1) is 5.82 Å². The maximum Gasteiger partial charge on any atom is 0.250 e. The lowest BCUT2D eigenvalue weighted by molar-refractivity contribution is 0.412. The van der Waals surface area contributed by atoms with E-state index in [1.807, 2.05) is 0 Å². The Kier molecular flexibility index (Phi) is 4.96. The van der Waals surface area contributed by atoms with Crippen molar-refractivity contribution in [3.05, 3.63) is 34.9 Å². The summed E-state index contributed by atoms with van der Waals surface area (Å²) in [6.07, 6.45) is 1.54. The molecule has 0 radical (unpaired) electrons. The third-order valence-corrected chi connectivity index (χ3v) is 3.09. The predicted octanol–water partition coefficient (Wildman–Crippen LogP) is 3.85. The third kappa shape index (κ3) is 4.79. The van der Waals surface area contributed by atoms with E-state index in [4.69, 9.17) is 16.0 Å². The first-order valence-corrected chi connectivity index (χ1v) is 7.26. The molecule has 2 rings (SSSR count). The molecule has 0 atom stereocenters. The summed E-state index contributed by atoms with van der Waals surface area (Å²) in [6, 6.07) is 4.36. The largest absolute Gasteiger partial charge is 0.421 e. The van der Waals surface area contributed by atoms with E-state index in [2.05, 4.69) is 36.3 Å². The fraction of sp³-hybridized carbons (Fsp3) is 0.467. The SMILES string of the molecule is CC(C)(C)NCCCc1nnc(-c2ccc(Cl)cc2F)o1. The molecule has 2 aromatic rings. The first kappa shape index (κ1) is 15.9. The molecule has 0 amide bonds. The van der Waals surface area contributed by atoms with Crippen molar-refractivity contribution < 1.29 is 8.81 Å². The van der Waals surface area contributed by atoms with Crippen LogP contribution < -0.4 is 5.32 Å². The summed E-state index contributed by atoms with van der Waals surface area (Å²) in [5.74, 6) is 0.227. The van der Waals surface area contributed by atoms with Crippen LogP contribution in [0.1, 0.15) is 33.1 Å². The highest BCUT2D eigenvalue weighted by molar-refractivity contribution is 6.30. The highest BCUT2D eigenvalue weighted by Crippen LogP contribution is 2.24. The van der Waals surface area contributed by atoms with Crippen LogP contribution in [-0.2, 0) is 6.42 Å². The van der Waals surface area contributed by atoms with Crippen molar-refractivity contribution in [1.29, 1.82) is 0 Å². The first-order valence-electron chi connectivity index (χ1n) is 6.88. The number of benzene rings is 1. The zero-order chi connectivity index (χ0) is 15.5. The van der Waals surface area contributed by atoms with E-state index in [-0.39, 0.29) is 17.0 Å². The highest BCUT2D eigenvalue weighted by Gasteiger charge is 2.13. The van der Waals surface area contributed by atoms with Crippen LogP contribution in [0.2, 0.25) is 5.02 Å². The molecule has 1 aromatic carbocycles. The van der Waals surface area contributed by atoms with Crippen LogP contribution in [-0.4, -0.2) is 22.3 Å². The second-order valence-corrected chi connectivity index (χ2v) is 6.34. The van der Waals surface area contributed by atoms with Gasteiger partial charge >= 0.3 is 0 Å². The molecule has 0 saturated carbocycles. The van der Waals surface area contributed by atoms with Gasteiger partial charge in [-0.3, -0.25) is 0 Å². The van der Waals surface area contributed by atoms with Crippen molar-refractivity contribution in [1.82, 2.24) is 15.5 Å². The third-order valence-electron chi connectivity index (χ3n) is 2.85. The van der Waals surface area contributed by atoms with Crippen molar-refractivity contribution in [3.63, 3.8) is 0 Å². The van der Waals surface area contributed by atoms with Crippen LogP contribution in [0.25, 0.3) is 11.5 Å². The van der Waals surface area contributed by atoms with Gasteiger partial charge in [-0.1, -0.05) is 11.6 Å².